The summed E-state index contributed by atoms with van der Waals surface area (Å²) in [5.41, 5.74) is 2.74. The molecule has 1 aromatic carbocycles. The third-order valence-corrected chi connectivity index (χ3v) is 6.07. The van der Waals surface area contributed by atoms with Crippen LogP contribution in [0.15, 0.2) is 38.7 Å². The summed E-state index contributed by atoms with van der Waals surface area (Å²) >= 11 is 8.78. The summed E-state index contributed by atoms with van der Waals surface area (Å²) in [6.45, 7) is 5.81. The van der Waals surface area contributed by atoms with Gasteiger partial charge in [0.25, 0.3) is 11.8 Å². The van der Waals surface area contributed by atoms with Gasteiger partial charge in [-0.2, -0.15) is 0 Å². The number of halogens is 1. The minimum absolute atomic E-state index is 0.0222. The fourth-order valence-electron chi connectivity index (χ4n) is 3.48. The Bertz CT molecular complexity index is 1050. The maximum absolute atomic E-state index is 13.1. The smallest absolute Gasteiger partial charge is 0.270 e. The first-order valence-electron chi connectivity index (χ1n) is 9.38. The number of nitrogens with one attached hydrogen (secondary N) is 1. The standard InChI is InChI=1S/C21H20BrN3O3S/c1-12-5-6-14(9-13(12)2)25-19(27)16(18(26)23-21(25)29)10-15-11-17(22)20(28-15)24-7-3-4-8-24/h5-6,9-11H,3-4,7-8H2,1-2H3,(H,23,26,29)/b16-10+. The average molecular weight is 474 g/mol. The second-order valence-corrected chi connectivity index (χ2v) is 8.46. The number of furan rings is 1. The summed E-state index contributed by atoms with van der Waals surface area (Å²) in [6, 6.07) is 7.39. The first-order valence-corrected chi connectivity index (χ1v) is 10.6. The summed E-state index contributed by atoms with van der Waals surface area (Å²) in [5, 5.41) is 2.67. The number of carbonyl (C=O) groups is 2. The second-order valence-electron chi connectivity index (χ2n) is 7.22. The molecule has 2 aliphatic heterocycles. The summed E-state index contributed by atoms with van der Waals surface area (Å²) in [4.78, 5) is 29.1. The molecule has 0 radical (unpaired) electrons. The van der Waals surface area contributed by atoms with E-state index in [1.165, 1.54) is 11.0 Å². The molecule has 0 atom stereocenters. The minimum Gasteiger partial charge on any atom is -0.440 e. The van der Waals surface area contributed by atoms with Gasteiger partial charge in [0, 0.05) is 19.2 Å². The van der Waals surface area contributed by atoms with Gasteiger partial charge in [0.15, 0.2) is 5.11 Å². The monoisotopic (exact) mass is 473 g/mol. The summed E-state index contributed by atoms with van der Waals surface area (Å²) in [6.07, 6.45) is 3.71. The number of carbonyl (C=O) groups excluding carboxylic acids is 2. The predicted molar refractivity (Wildman–Crippen MR) is 120 cm³/mol. The van der Waals surface area contributed by atoms with Gasteiger partial charge in [-0.25, -0.2) is 0 Å². The zero-order valence-corrected chi connectivity index (χ0v) is 18.5. The number of hydrogen-bond donors (Lipinski definition) is 1. The van der Waals surface area contributed by atoms with Crippen LogP contribution in [0.4, 0.5) is 11.6 Å². The molecule has 29 heavy (non-hydrogen) atoms. The first-order chi connectivity index (χ1) is 13.8. The Balaban J connectivity index is 1.68. The Morgan fingerprint density at radius 3 is 2.55 bits per heavy atom. The average Bonchev–Trinajstić information content (AvgIpc) is 3.31. The summed E-state index contributed by atoms with van der Waals surface area (Å²) in [5.74, 6) is 0.150. The number of hydrogen-bond acceptors (Lipinski definition) is 5. The lowest BCUT2D eigenvalue weighted by molar-refractivity contribution is -0.122. The molecule has 0 spiro atoms. The van der Waals surface area contributed by atoms with Crippen LogP contribution in [0, 0.1) is 13.8 Å². The van der Waals surface area contributed by atoms with Crippen LogP contribution in [0.5, 0.6) is 0 Å². The lowest BCUT2D eigenvalue weighted by atomic mass is 10.1. The maximum atomic E-state index is 13.1. The quantitative estimate of drug-likeness (QED) is 0.413. The largest absolute Gasteiger partial charge is 0.440 e. The van der Waals surface area contributed by atoms with E-state index in [1.807, 2.05) is 32.0 Å². The second kappa shape index (κ2) is 7.76. The zero-order valence-electron chi connectivity index (χ0n) is 16.1. The Morgan fingerprint density at radius 1 is 1.14 bits per heavy atom. The molecule has 6 nitrogen and oxygen atoms in total. The van der Waals surface area contributed by atoms with Crippen LogP contribution in [-0.4, -0.2) is 30.0 Å². The molecule has 2 amide bonds. The predicted octanol–water partition coefficient (Wildman–Crippen LogP) is 4.09. The highest BCUT2D eigenvalue weighted by atomic mass is 79.9. The van der Waals surface area contributed by atoms with Gasteiger partial charge in [0.2, 0.25) is 5.88 Å². The van der Waals surface area contributed by atoms with Crippen LogP contribution >= 0.6 is 28.1 Å². The van der Waals surface area contributed by atoms with Crippen molar-refractivity contribution in [3.05, 3.63) is 51.2 Å². The highest BCUT2D eigenvalue weighted by Crippen LogP contribution is 2.34. The highest BCUT2D eigenvalue weighted by Gasteiger charge is 2.35. The molecule has 2 aliphatic rings. The van der Waals surface area contributed by atoms with Crippen LogP contribution in [0.25, 0.3) is 6.08 Å². The Hall–Kier alpha value is -2.45. The van der Waals surface area contributed by atoms with Gasteiger partial charge in [-0.05, 0) is 84.2 Å². The number of benzene rings is 1. The van der Waals surface area contributed by atoms with Crippen LogP contribution in [0.3, 0.4) is 0 Å². The van der Waals surface area contributed by atoms with Crippen molar-refractivity contribution < 1.29 is 14.0 Å². The molecule has 0 aliphatic carbocycles. The molecule has 2 aromatic rings. The molecule has 0 saturated carbocycles. The van der Waals surface area contributed by atoms with E-state index in [0.29, 0.717) is 11.4 Å². The number of rotatable bonds is 3. The number of aryl methyl sites for hydroxylation is 2. The Kier molecular flexibility index (Phi) is 5.31. The SMILES string of the molecule is Cc1ccc(N2C(=O)/C(=C/c3cc(Br)c(N4CCCC4)o3)C(=O)NC2=S)cc1C. The van der Waals surface area contributed by atoms with Gasteiger partial charge in [0.05, 0.1) is 10.2 Å². The third kappa shape index (κ3) is 3.74. The normalized spacial score (nSPS) is 18.7. The van der Waals surface area contributed by atoms with Crippen molar-refractivity contribution in [2.24, 2.45) is 0 Å². The van der Waals surface area contributed by atoms with Crippen LogP contribution in [0.1, 0.15) is 29.7 Å². The van der Waals surface area contributed by atoms with Gasteiger partial charge in [-0.3, -0.25) is 19.8 Å². The van der Waals surface area contributed by atoms with Gasteiger partial charge >= 0.3 is 0 Å². The fourth-order valence-corrected chi connectivity index (χ4v) is 4.32. The molecular formula is C21H20BrN3O3S. The van der Waals surface area contributed by atoms with E-state index in [0.717, 1.165) is 47.4 Å². The first kappa shape index (κ1) is 19.8. The molecular weight excluding hydrogens is 454 g/mol. The lowest BCUT2D eigenvalue weighted by Gasteiger charge is -2.29. The van der Waals surface area contributed by atoms with Crippen molar-refractivity contribution in [3.63, 3.8) is 0 Å². The molecule has 150 valence electrons. The number of amides is 2. The van der Waals surface area contributed by atoms with Crippen molar-refractivity contribution in [1.29, 1.82) is 0 Å². The van der Waals surface area contributed by atoms with Gasteiger partial charge in [0.1, 0.15) is 11.3 Å². The number of thiocarbonyl (C=S) groups is 1. The molecule has 2 fully saturated rings. The fraction of sp³-hybridized carbons (Fsp3) is 0.286. The van der Waals surface area contributed by atoms with Gasteiger partial charge < -0.3 is 9.32 Å². The van der Waals surface area contributed by atoms with Crippen LogP contribution < -0.4 is 15.1 Å². The van der Waals surface area contributed by atoms with E-state index in [9.17, 15) is 9.59 Å². The minimum atomic E-state index is -0.532. The molecule has 0 bridgehead atoms. The molecule has 8 heteroatoms. The van der Waals surface area contributed by atoms with Crippen molar-refractivity contribution >= 4 is 62.7 Å². The zero-order chi connectivity index (χ0) is 20.7. The summed E-state index contributed by atoms with van der Waals surface area (Å²) < 4.78 is 6.72. The Morgan fingerprint density at radius 2 is 1.86 bits per heavy atom. The summed E-state index contributed by atoms with van der Waals surface area (Å²) in [7, 11) is 0. The van der Waals surface area contributed by atoms with E-state index in [1.54, 1.807) is 6.07 Å². The van der Waals surface area contributed by atoms with Crippen molar-refractivity contribution in [1.82, 2.24) is 5.32 Å². The van der Waals surface area contributed by atoms with Crippen molar-refractivity contribution in [3.8, 4) is 0 Å². The molecule has 3 heterocycles. The number of anilines is 2. The molecule has 1 aromatic heterocycles. The van der Waals surface area contributed by atoms with E-state index < -0.39 is 11.8 Å². The van der Waals surface area contributed by atoms with Crippen molar-refractivity contribution in [2.75, 3.05) is 22.9 Å². The van der Waals surface area contributed by atoms with E-state index >= 15 is 0 Å². The van der Waals surface area contributed by atoms with E-state index in [4.69, 9.17) is 16.6 Å². The van der Waals surface area contributed by atoms with Gasteiger partial charge in [-0.15, -0.1) is 0 Å². The number of nitrogens with zero attached hydrogens (tertiary/aromatic N) is 2. The lowest BCUT2D eigenvalue weighted by Crippen LogP contribution is -2.54. The van der Waals surface area contributed by atoms with Crippen LogP contribution in [-0.2, 0) is 9.59 Å². The van der Waals surface area contributed by atoms with Crippen molar-refractivity contribution in [2.45, 2.75) is 26.7 Å². The molecule has 0 unspecified atom stereocenters. The molecule has 2 saturated heterocycles. The topological polar surface area (TPSA) is 65.8 Å². The maximum Gasteiger partial charge on any atom is 0.270 e. The van der Waals surface area contributed by atoms with Crippen LogP contribution in [0.2, 0.25) is 0 Å². The molecule has 1 N–H and O–H groups in total. The highest BCUT2D eigenvalue weighted by molar-refractivity contribution is 9.10. The molecule has 4 rings (SSSR count). The Labute approximate surface area is 182 Å². The third-order valence-electron chi connectivity index (χ3n) is 5.22. The van der Waals surface area contributed by atoms with Gasteiger partial charge in [-0.1, -0.05) is 6.07 Å². The van der Waals surface area contributed by atoms with E-state index in [-0.39, 0.29) is 10.7 Å². The van der Waals surface area contributed by atoms with E-state index in [2.05, 4.69) is 26.1 Å².